The summed E-state index contributed by atoms with van der Waals surface area (Å²) in [5, 5.41) is 7.13. The largest absolute Gasteiger partial charge is 0.368 e. The maximum atomic E-state index is 5.66. The van der Waals surface area contributed by atoms with Crippen molar-refractivity contribution in [1.29, 1.82) is 0 Å². The minimum Gasteiger partial charge on any atom is -0.368 e. The topological polar surface area (TPSA) is 107 Å². The molecule has 0 unspecified atom stereocenters. The highest BCUT2D eigenvalue weighted by Gasteiger charge is 2.06. The van der Waals surface area contributed by atoms with Crippen LogP contribution in [0.4, 0.5) is 11.9 Å². The molecule has 3 rings (SSSR count). The van der Waals surface area contributed by atoms with Crippen LogP contribution in [0.15, 0.2) is 30.2 Å². The van der Waals surface area contributed by atoms with E-state index < -0.39 is 0 Å². The first kappa shape index (κ1) is 11.5. The van der Waals surface area contributed by atoms with E-state index in [9.17, 15) is 0 Å². The van der Waals surface area contributed by atoms with Gasteiger partial charge in [-0.25, -0.2) is 4.68 Å². The summed E-state index contributed by atoms with van der Waals surface area (Å²) in [7, 11) is 0. The molecule has 0 aromatic carbocycles. The summed E-state index contributed by atoms with van der Waals surface area (Å²) in [4.78, 5) is 17.4. The molecule has 3 aromatic heterocycles. The van der Waals surface area contributed by atoms with Gasteiger partial charge in [-0.2, -0.15) is 20.1 Å². The quantitative estimate of drug-likeness (QED) is 0.721. The predicted octanol–water partition coefficient (Wildman–Crippen LogP) is 0.708. The van der Waals surface area contributed by atoms with Crippen molar-refractivity contribution in [1.82, 2.24) is 29.7 Å². The minimum atomic E-state index is 0.146. The number of thiazole rings is 1. The van der Waals surface area contributed by atoms with E-state index >= 15 is 0 Å². The standard InChI is InChI=1S/C10H10N8S/c11-8-15-9(13-5-7-4-12-6-19-7)17-10(16-8)18-3-1-2-14-18/h1-4,6H,5H2,(H3,11,13,15,16,17). The van der Waals surface area contributed by atoms with Crippen LogP contribution in [0, 0.1) is 0 Å². The van der Waals surface area contributed by atoms with E-state index in [0.717, 1.165) is 4.88 Å². The average Bonchev–Trinajstić information content (AvgIpc) is 3.09. The summed E-state index contributed by atoms with van der Waals surface area (Å²) in [5.74, 6) is 0.933. The molecule has 0 saturated heterocycles. The molecule has 0 amide bonds. The second kappa shape index (κ2) is 4.98. The fourth-order valence-corrected chi connectivity index (χ4v) is 1.98. The van der Waals surface area contributed by atoms with Gasteiger partial charge in [-0.15, -0.1) is 11.3 Å². The van der Waals surface area contributed by atoms with Gasteiger partial charge in [-0.05, 0) is 6.07 Å². The Morgan fingerprint density at radius 1 is 1.32 bits per heavy atom. The first-order chi connectivity index (χ1) is 9.31. The van der Waals surface area contributed by atoms with Crippen molar-refractivity contribution in [3.63, 3.8) is 0 Å². The Hall–Kier alpha value is -2.55. The van der Waals surface area contributed by atoms with Crippen LogP contribution < -0.4 is 11.1 Å². The van der Waals surface area contributed by atoms with Crippen molar-refractivity contribution < 1.29 is 0 Å². The van der Waals surface area contributed by atoms with E-state index in [1.807, 2.05) is 0 Å². The molecular formula is C10H10N8S. The summed E-state index contributed by atoms with van der Waals surface area (Å²) in [6, 6.07) is 1.78. The van der Waals surface area contributed by atoms with Crippen molar-refractivity contribution in [2.24, 2.45) is 0 Å². The van der Waals surface area contributed by atoms with Crippen molar-refractivity contribution in [2.45, 2.75) is 6.54 Å². The van der Waals surface area contributed by atoms with Crippen LogP contribution in [-0.4, -0.2) is 29.7 Å². The number of nitrogens with one attached hydrogen (secondary N) is 1. The van der Waals surface area contributed by atoms with E-state index in [0.29, 0.717) is 18.4 Å². The smallest absolute Gasteiger partial charge is 0.257 e. The first-order valence-electron chi connectivity index (χ1n) is 5.44. The summed E-state index contributed by atoms with van der Waals surface area (Å²) >= 11 is 1.55. The van der Waals surface area contributed by atoms with Crippen molar-refractivity contribution in [2.75, 3.05) is 11.1 Å². The number of nitrogens with two attached hydrogens (primary N) is 1. The average molecular weight is 274 g/mol. The lowest BCUT2D eigenvalue weighted by Crippen LogP contribution is -2.11. The monoisotopic (exact) mass is 274 g/mol. The second-order valence-corrected chi connectivity index (χ2v) is 4.56. The van der Waals surface area contributed by atoms with E-state index in [1.54, 1.807) is 41.5 Å². The highest BCUT2D eigenvalue weighted by atomic mass is 32.1. The lowest BCUT2D eigenvalue weighted by atomic mass is 10.5. The van der Waals surface area contributed by atoms with Crippen LogP contribution in [0.2, 0.25) is 0 Å². The lowest BCUT2D eigenvalue weighted by Gasteiger charge is -2.05. The molecule has 0 aliphatic heterocycles. The third-order valence-corrected chi connectivity index (χ3v) is 3.03. The van der Waals surface area contributed by atoms with E-state index in [4.69, 9.17) is 5.73 Å². The molecule has 0 aliphatic carbocycles. The van der Waals surface area contributed by atoms with Gasteiger partial charge in [0.05, 0.1) is 12.1 Å². The van der Waals surface area contributed by atoms with Gasteiger partial charge in [-0.3, -0.25) is 4.98 Å². The number of hydrogen-bond donors (Lipinski definition) is 2. The van der Waals surface area contributed by atoms with Gasteiger partial charge in [0, 0.05) is 23.5 Å². The third-order valence-electron chi connectivity index (χ3n) is 2.25. The maximum absolute atomic E-state index is 5.66. The minimum absolute atomic E-state index is 0.146. The van der Waals surface area contributed by atoms with Crippen LogP contribution in [0.25, 0.3) is 5.95 Å². The fourth-order valence-electron chi connectivity index (χ4n) is 1.44. The second-order valence-electron chi connectivity index (χ2n) is 3.59. The maximum Gasteiger partial charge on any atom is 0.257 e. The third kappa shape index (κ3) is 2.65. The fraction of sp³-hybridized carbons (Fsp3) is 0.100. The lowest BCUT2D eigenvalue weighted by molar-refractivity contribution is 0.799. The van der Waals surface area contributed by atoms with Gasteiger partial charge >= 0.3 is 0 Å². The molecule has 0 radical (unpaired) electrons. The summed E-state index contributed by atoms with van der Waals surface area (Å²) in [6.07, 6.45) is 5.17. The zero-order valence-corrected chi connectivity index (χ0v) is 10.6. The van der Waals surface area contributed by atoms with Crippen molar-refractivity contribution in [3.8, 4) is 5.95 Å². The summed E-state index contributed by atoms with van der Waals surface area (Å²) in [5.41, 5.74) is 7.43. The molecule has 0 bridgehead atoms. The number of aromatic nitrogens is 6. The van der Waals surface area contributed by atoms with Gasteiger partial charge in [0.2, 0.25) is 11.9 Å². The van der Waals surface area contributed by atoms with Crippen molar-refractivity contribution >= 4 is 23.2 Å². The zero-order chi connectivity index (χ0) is 13.1. The molecule has 96 valence electrons. The predicted molar refractivity (Wildman–Crippen MR) is 70.8 cm³/mol. The summed E-state index contributed by atoms with van der Waals surface area (Å²) < 4.78 is 1.52. The molecule has 8 nitrogen and oxygen atoms in total. The van der Waals surface area contributed by atoms with Crippen LogP contribution in [0.5, 0.6) is 0 Å². The molecule has 19 heavy (non-hydrogen) atoms. The van der Waals surface area contributed by atoms with Crippen molar-refractivity contribution in [3.05, 3.63) is 35.0 Å². The van der Waals surface area contributed by atoms with E-state index in [2.05, 4.69) is 30.4 Å². The van der Waals surface area contributed by atoms with E-state index in [-0.39, 0.29) is 5.95 Å². The molecule has 9 heteroatoms. The number of nitrogen functional groups attached to an aromatic ring is 1. The molecule has 0 spiro atoms. The Morgan fingerprint density at radius 2 is 2.26 bits per heavy atom. The van der Waals surface area contributed by atoms with Crippen LogP contribution in [-0.2, 0) is 6.54 Å². The van der Waals surface area contributed by atoms with Gasteiger partial charge in [0.15, 0.2) is 0 Å². The Balaban J connectivity index is 1.82. The Kier molecular flexibility index (Phi) is 3.02. The van der Waals surface area contributed by atoms with Crippen LogP contribution >= 0.6 is 11.3 Å². The molecule has 3 N–H and O–H groups in total. The van der Waals surface area contributed by atoms with Gasteiger partial charge < -0.3 is 11.1 Å². The highest BCUT2D eigenvalue weighted by molar-refractivity contribution is 7.09. The van der Waals surface area contributed by atoms with E-state index in [1.165, 1.54) is 4.68 Å². The number of anilines is 2. The highest BCUT2D eigenvalue weighted by Crippen LogP contribution is 2.10. The zero-order valence-electron chi connectivity index (χ0n) is 9.76. The molecule has 0 fully saturated rings. The molecular weight excluding hydrogens is 264 g/mol. The van der Waals surface area contributed by atoms with Gasteiger partial charge in [-0.1, -0.05) is 0 Å². The summed E-state index contributed by atoms with van der Waals surface area (Å²) in [6.45, 7) is 0.590. The Morgan fingerprint density at radius 3 is 3.00 bits per heavy atom. The molecule has 3 heterocycles. The number of nitrogens with zero attached hydrogens (tertiary/aromatic N) is 6. The number of hydrogen-bond acceptors (Lipinski definition) is 8. The number of rotatable bonds is 4. The normalized spacial score (nSPS) is 10.5. The van der Waals surface area contributed by atoms with Crippen LogP contribution in [0.3, 0.4) is 0 Å². The molecule has 3 aromatic rings. The molecule has 0 saturated carbocycles. The van der Waals surface area contributed by atoms with Gasteiger partial charge in [0.1, 0.15) is 0 Å². The molecule has 0 aliphatic rings. The Labute approximate surface area is 112 Å². The van der Waals surface area contributed by atoms with Crippen LogP contribution in [0.1, 0.15) is 4.88 Å². The van der Waals surface area contributed by atoms with Gasteiger partial charge in [0.25, 0.3) is 5.95 Å². The molecule has 0 atom stereocenters. The Bertz CT molecular complexity index is 648. The first-order valence-corrected chi connectivity index (χ1v) is 6.32. The SMILES string of the molecule is Nc1nc(NCc2cncs2)nc(-n2cccn2)n1.